The zero-order valence-electron chi connectivity index (χ0n) is 8.63. The molecule has 4 heteroatoms. The maximum Gasteiger partial charge on any atom is 0.0738 e. The monoisotopic (exact) mass is 257 g/mol. The first-order valence-corrected chi connectivity index (χ1v) is 5.49. The summed E-state index contributed by atoms with van der Waals surface area (Å²) < 4.78 is 3.02. The molecule has 0 atom stereocenters. The Morgan fingerprint density at radius 2 is 2.21 bits per heavy atom. The minimum Gasteiger partial charge on any atom is -0.330 e. The van der Waals surface area contributed by atoms with E-state index in [2.05, 4.69) is 33.2 Å². The van der Waals surface area contributed by atoms with Crippen LogP contribution in [0.1, 0.15) is 17.8 Å². The topological polar surface area (TPSA) is 43.8 Å². The molecule has 78 valence electrons. The van der Waals surface area contributed by atoms with E-state index in [4.69, 9.17) is 5.73 Å². The van der Waals surface area contributed by atoms with Crippen molar-refractivity contribution in [2.24, 2.45) is 12.8 Å². The average Bonchev–Trinajstić information content (AvgIpc) is 2.38. The van der Waals surface area contributed by atoms with Gasteiger partial charge in [-0.1, -0.05) is 12.2 Å². The molecule has 0 radical (unpaired) electrons. The lowest BCUT2D eigenvalue weighted by molar-refractivity contribution is 0.719. The number of aryl methyl sites for hydroxylation is 2. The van der Waals surface area contributed by atoms with E-state index in [-0.39, 0.29) is 0 Å². The van der Waals surface area contributed by atoms with Gasteiger partial charge in [0.1, 0.15) is 0 Å². The van der Waals surface area contributed by atoms with Gasteiger partial charge in [-0.05, 0) is 35.8 Å². The Labute approximate surface area is 93.1 Å². The van der Waals surface area contributed by atoms with Crippen LogP contribution in [0.25, 0.3) is 0 Å². The molecular weight excluding hydrogens is 242 g/mol. The summed E-state index contributed by atoms with van der Waals surface area (Å²) in [4.78, 5) is 0. The summed E-state index contributed by atoms with van der Waals surface area (Å²) >= 11 is 3.53. The molecule has 0 fully saturated rings. The summed E-state index contributed by atoms with van der Waals surface area (Å²) in [5.41, 5.74) is 7.64. The highest BCUT2D eigenvalue weighted by Crippen LogP contribution is 2.20. The number of rotatable bonds is 4. The Balaban J connectivity index is 2.67. The number of hydrogen-bond donors (Lipinski definition) is 1. The maximum atomic E-state index is 5.39. The van der Waals surface area contributed by atoms with Gasteiger partial charge in [0, 0.05) is 13.5 Å². The van der Waals surface area contributed by atoms with E-state index in [1.807, 2.05) is 18.7 Å². The predicted molar refractivity (Wildman–Crippen MR) is 62.2 cm³/mol. The molecular formula is C10H16BrN3. The van der Waals surface area contributed by atoms with Crippen molar-refractivity contribution in [3.8, 4) is 0 Å². The molecule has 0 saturated carbocycles. The minimum atomic E-state index is 0.710. The van der Waals surface area contributed by atoms with Gasteiger partial charge in [-0.3, -0.25) is 4.68 Å². The number of halogens is 1. The van der Waals surface area contributed by atoms with Gasteiger partial charge in [0.05, 0.1) is 15.9 Å². The molecule has 14 heavy (non-hydrogen) atoms. The number of nitrogens with zero attached hydrogens (tertiary/aromatic N) is 2. The smallest absolute Gasteiger partial charge is 0.0738 e. The summed E-state index contributed by atoms with van der Waals surface area (Å²) in [6, 6.07) is 0. The first kappa shape index (κ1) is 11.5. The summed E-state index contributed by atoms with van der Waals surface area (Å²) in [6.07, 6.45) is 6.08. The van der Waals surface area contributed by atoms with Crippen molar-refractivity contribution < 1.29 is 0 Å². The number of hydrogen-bond acceptors (Lipinski definition) is 2. The van der Waals surface area contributed by atoms with E-state index in [0.29, 0.717) is 6.54 Å². The lowest BCUT2D eigenvalue weighted by Crippen LogP contribution is -1.98. The second-order valence-electron chi connectivity index (χ2n) is 3.22. The zero-order chi connectivity index (χ0) is 10.6. The lowest BCUT2D eigenvalue weighted by atomic mass is 10.2. The van der Waals surface area contributed by atoms with Crippen molar-refractivity contribution in [2.45, 2.75) is 19.8 Å². The second-order valence-corrected chi connectivity index (χ2v) is 4.02. The van der Waals surface area contributed by atoms with Crippen LogP contribution < -0.4 is 5.73 Å². The van der Waals surface area contributed by atoms with Crippen LogP contribution in [-0.2, 0) is 13.5 Å². The first-order valence-electron chi connectivity index (χ1n) is 4.70. The van der Waals surface area contributed by atoms with Crippen LogP contribution in [-0.4, -0.2) is 16.3 Å². The highest BCUT2D eigenvalue weighted by atomic mass is 79.9. The van der Waals surface area contributed by atoms with Crippen LogP contribution in [0.3, 0.4) is 0 Å². The quantitative estimate of drug-likeness (QED) is 0.839. The van der Waals surface area contributed by atoms with Crippen molar-refractivity contribution in [3.05, 3.63) is 28.0 Å². The predicted octanol–water partition coefficient (Wildman–Crippen LogP) is 1.94. The van der Waals surface area contributed by atoms with E-state index in [1.54, 1.807) is 0 Å². The highest BCUT2D eigenvalue weighted by Gasteiger charge is 2.07. The van der Waals surface area contributed by atoms with Gasteiger partial charge < -0.3 is 5.73 Å². The molecule has 2 N–H and O–H groups in total. The van der Waals surface area contributed by atoms with Gasteiger partial charge in [0.25, 0.3) is 0 Å². The van der Waals surface area contributed by atoms with Crippen molar-refractivity contribution in [3.63, 3.8) is 0 Å². The summed E-state index contributed by atoms with van der Waals surface area (Å²) in [5, 5.41) is 4.32. The largest absolute Gasteiger partial charge is 0.330 e. The fourth-order valence-corrected chi connectivity index (χ4v) is 1.81. The van der Waals surface area contributed by atoms with E-state index < -0.39 is 0 Å². The first-order chi connectivity index (χ1) is 6.66. The Morgan fingerprint density at radius 3 is 2.71 bits per heavy atom. The minimum absolute atomic E-state index is 0.710. The third-order valence-electron chi connectivity index (χ3n) is 2.07. The molecule has 3 nitrogen and oxygen atoms in total. The third-order valence-corrected chi connectivity index (χ3v) is 3.10. The summed E-state index contributed by atoms with van der Waals surface area (Å²) in [7, 11) is 1.96. The van der Waals surface area contributed by atoms with Gasteiger partial charge in [0.2, 0.25) is 0 Å². The van der Waals surface area contributed by atoms with Gasteiger partial charge in [-0.25, -0.2) is 0 Å². The molecule has 1 aromatic heterocycles. The third kappa shape index (κ3) is 2.69. The number of aromatic nitrogens is 2. The zero-order valence-corrected chi connectivity index (χ0v) is 10.2. The molecule has 0 amide bonds. The van der Waals surface area contributed by atoms with E-state index in [9.17, 15) is 0 Å². The summed E-state index contributed by atoms with van der Waals surface area (Å²) in [5.74, 6) is 0. The molecule has 1 aromatic rings. The fourth-order valence-electron chi connectivity index (χ4n) is 1.31. The van der Waals surface area contributed by atoms with Gasteiger partial charge in [0.15, 0.2) is 0 Å². The standard InChI is InChI=1S/C10H16BrN3/c1-8-10(11)9(14(2)13-8)6-4-3-5-7-12/h3-4H,5-7,12H2,1-2H3. The van der Waals surface area contributed by atoms with Gasteiger partial charge in [-0.15, -0.1) is 0 Å². The Hall–Kier alpha value is -0.610. The molecule has 0 bridgehead atoms. The van der Waals surface area contributed by atoms with Crippen LogP contribution in [0, 0.1) is 6.92 Å². The van der Waals surface area contributed by atoms with Gasteiger partial charge in [-0.2, -0.15) is 5.10 Å². The second kappa shape index (κ2) is 5.32. The number of allylic oxidation sites excluding steroid dienone is 1. The molecule has 0 spiro atoms. The molecule has 0 aliphatic heterocycles. The van der Waals surface area contributed by atoms with Crippen LogP contribution in [0.15, 0.2) is 16.6 Å². The van der Waals surface area contributed by atoms with E-state index in [0.717, 1.165) is 23.0 Å². The Kier molecular flexibility index (Phi) is 4.35. The number of nitrogens with two attached hydrogens (primary N) is 1. The lowest BCUT2D eigenvalue weighted by Gasteiger charge is -1.97. The molecule has 1 heterocycles. The molecule has 0 saturated heterocycles. The van der Waals surface area contributed by atoms with Crippen molar-refractivity contribution in [1.82, 2.24) is 9.78 Å². The van der Waals surface area contributed by atoms with Crippen molar-refractivity contribution in [2.75, 3.05) is 6.54 Å². The highest BCUT2D eigenvalue weighted by molar-refractivity contribution is 9.10. The van der Waals surface area contributed by atoms with Crippen LogP contribution in [0.4, 0.5) is 0 Å². The molecule has 0 aromatic carbocycles. The Bertz CT molecular complexity index is 328. The SMILES string of the molecule is Cc1nn(C)c(CC=CCCN)c1Br. The molecule has 0 aliphatic carbocycles. The summed E-state index contributed by atoms with van der Waals surface area (Å²) in [6.45, 7) is 2.71. The fraction of sp³-hybridized carbons (Fsp3) is 0.500. The molecule has 1 rings (SSSR count). The van der Waals surface area contributed by atoms with Crippen molar-refractivity contribution in [1.29, 1.82) is 0 Å². The van der Waals surface area contributed by atoms with Gasteiger partial charge >= 0.3 is 0 Å². The van der Waals surface area contributed by atoms with Crippen molar-refractivity contribution >= 4 is 15.9 Å². The van der Waals surface area contributed by atoms with E-state index >= 15 is 0 Å². The van der Waals surface area contributed by atoms with Crippen LogP contribution in [0.2, 0.25) is 0 Å². The van der Waals surface area contributed by atoms with Crippen LogP contribution in [0.5, 0.6) is 0 Å². The Morgan fingerprint density at radius 1 is 1.50 bits per heavy atom. The molecule has 0 unspecified atom stereocenters. The normalized spacial score (nSPS) is 11.4. The van der Waals surface area contributed by atoms with Crippen LogP contribution >= 0.6 is 15.9 Å². The molecule has 0 aliphatic rings. The average molecular weight is 258 g/mol. The maximum absolute atomic E-state index is 5.39. The van der Waals surface area contributed by atoms with E-state index in [1.165, 1.54) is 5.69 Å².